The molecule has 0 aliphatic carbocycles. The summed E-state index contributed by atoms with van der Waals surface area (Å²) in [6.07, 6.45) is 0. The minimum absolute atomic E-state index is 0.0483. The molecule has 1 amide bonds. The maximum absolute atomic E-state index is 12.4. The summed E-state index contributed by atoms with van der Waals surface area (Å²) in [5.41, 5.74) is 1.03. The van der Waals surface area contributed by atoms with Gasteiger partial charge in [0.15, 0.2) is 0 Å². The maximum atomic E-state index is 12.4. The van der Waals surface area contributed by atoms with Crippen molar-refractivity contribution in [2.24, 2.45) is 5.14 Å². The number of primary sulfonamides is 1. The fraction of sp³-hybridized carbons (Fsp3) is 0.188. The molecule has 0 heterocycles. The highest BCUT2D eigenvalue weighted by atomic mass is 32.2. The molecule has 0 radical (unpaired) electrons. The van der Waals surface area contributed by atoms with Gasteiger partial charge in [-0.2, -0.15) is 8.78 Å². The molecule has 9 heteroatoms. The van der Waals surface area contributed by atoms with E-state index in [2.05, 4.69) is 10.1 Å². The topological polar surface area (TPSA) is 98.5 Å². The van der Waals surface area contributed by atoms with Crippen LogP contribution in [0.25, 0.3) is 0 Å². The Morgan fingerprint density at radius 1 is 1.24 bits per heavy atom. The molecule has 2 rings (SSSR count). The van der Waals surface area contributed by atoms with E-state index >= 15 is 0 Å². The number of hydrogen-bond acceptors (Lipinski definition) is 4. The summed E-state index contributed by atoms with van der Waals surface area (Å²) in [6, 6.07) is 9.97. The first kappa shape index (κ1) is 18.8. The van der Waals surface area contributed by atoms with Gasteiger partial charge >= 0.3 is 6.61 Å². The van der Waals surface area contributed by atoms with Crippen LogP contribution in [-0.4, -0.2) is 20.9 Å². The summed E-state index contributed by atoms with van der Waals surface area (Å²) in [5.74, 6) is -0.609. The molecule has 0 bridgehead atoms. The van der Waals surface area contributed by atoms with Crippen LogP contribution in [0.5, 0.6) is 5.75 Å². The van der Waals surface area contributed by atoms with Crippen molar-refractivity contribution in [3.8, 4) is 5.75 Å². The molecule has 0 aliphatic heterocycles. The number of carbonyl (C=O) groups excluding carboxylic acids is 1. The average Bonchev–Trinajstić information content (AvgIpc) is 2.52. The van der Waals surface area contributed by atoms with Gasteiger partial charge in [0, 0.05) is 17.7 Å². The molecule has 6 nitrogen and oxygen atoms in total. The Hall–Kier alpha value is -2.52. The van der Waals surface area contributed by atoms with Gasteiger partial charge in [-0.1, -0.05) is 24.3 Å². The van der Waals surface area contributed by atoms with Crippen molar-refractivity contribution in [3.05, 3.63) is 59.2 Å². The Morgan fingerprint density at radius 3 is 2.56 bits per heavy atom. The van der Waals surface area contributed by atoms with Crippen molar-refractivity contribution >= 4 is 15.9 Å². The Kier molecular flexibility index (Phi) is 5.70. The number of rotatable bonds is 6. The molecule has 0 saturated heterocycles. The molecule has 0 saturated carbocycles. The third kappa shape index (κ3) is 4.97. The minimum atomic E-state index is -3.95. The van der Waals surface area contributed by atoms with Crippen LogP contribution >= 0.6 is 0 Å². The van der Waals surface area contributed by atoms with Gasteiger partial charge < -0.3 is 10.1 Å². The van der Waals surface area contributed by atoms with Crippen molar-refractivity contribution in [2.45, 2.75) is 25.0 Å². The summed E-state index contributed by atoms with van der Waals surface area (Å²) in [5, 5.41) is 7.61. The number of sulfonamides is 1. The molecule has 2 aromatic carbocycles. The molecule has 25 heavy (non-hydrogen) atoms. The van der Waals surface area contributed by atoms with Gasteiger partial charge in [-0.15, -0.1) is 0 Å². The van der Waals surface area contributed by atoms with Gasteiger partial charge in [0.05, 0.1) is 4.90 Å². The number of ether oxygens (including phenoxy) is 1. The fourth-order valence-electron chi connectivity index (χ4n) is 2.15. The van der Waals surface area contributed by atoms with E-state index in [0.29, 0.717) is 11.1 Å². The van der Waals surface area contributed by atoms with Crippen molar-refractivity contribution < 1.29 is 26.7 Å². The largest absolute Gasteiger partial charge is 0.434 e. The van der Waals surface area contributed by atoms with Crippen molar-refractivity contribution in [2.75, 3.05) is 0 Å². The zero-order valence-electron chi connectivity index (χ0n) is 13.2. The molecule has 0 atom stereocenters. The predicted octanol–water partition coefficient (Wildman–Crippen LogP) is 2.17. The first-order chi connectivity index (χ1) is 11.7. The molecule has 134 valence electrons. The van der Waals surface area contributed by atoms with Gasteiger partial charge in [-0.05, 0) is 30.7 Å². The van der Waals surface area contributed by atoms with Crippen molar-refractivity contribution in [1.29, 1.82) is 0 Å². The number of nitrogens with two attached hydrogens (primary N) is 1. The summed E-state index contributed by atoms with van der Waals surface area (Å²) in [6.45, 7) is -1.42. The van der Waals surface area contributed by atoms with Gasteiger partial charge in [-0.25, -0.2) is 13.6 Å². The normalized spacial score (nSPS) is 11.4. The number of alkyl halides is 2. The second kappa shape index (κ2) is 7.58. The van der Waals surface area contributed by atoms with Crippen LogP contribution in [0, 0.1) is 6.92 Å². The summed E-state index contributed by atoms with van der Waals surface area (Å²) in [7, 11) is -3.95. The standard InChI is InChI=1S/C16H16F2N2O4S/c1-10-6-7-12(25(19,22)23)8-13(10)15(21)20-9-11-4-2-3-5-14(11)24-16(17)18/h2-8,16H,9H2,1H3,(H,20,21)(H2,19,22,23). The first-order valence-electron chi connectivity index (χ1n) is 7.13. The number of benzene rings is 2. The van der Waals surface area contributed by atoms with E-state index in [1.807, 2.05) is 0 Å². The first-order valence-corrected chi connectivity index (χ1v) is 8.67. The van der Waals surface area contributed by atoms with Crippen molar-refractivity contribution in [1.82, 2.24) is 5.32 Å². The van der Waals surface area contributed by atoms with E-state index < -0.39 is 22.5 Å². The van der Waals surface area contributed by atoms with E-state index in [0.717, 1.165) is 0 Å². The lowest BCUT2D eigenvalue weighted by atomic mass is 10.1. The number of aryl methyl sites for hydroxylation is 1. The maximum Gasteiger partial charge on any atom is 0.387 e. The Labute approximate surface area is 143 Å². The number of nitrogens with one attached hydrogen (secondary N) is 1. The van der Waals surface area contributed by atoms with Crippen LogP contribution < -0.4 is 15.2 Å². The number of amides is 1. The van der Waals surface area contributed by atoms with Crippen LogP contribution in [0.1, 0.15) is 21.5 Å². The summed E-state index contributed by atoms with van der Waals surface area (Å²) < 4.78 is 52.0. The van der Waals surface area contributed by atoms with Crippen LogP contribution in [0.15, 0.2) is 47.4 Å². The van der Waals surface area contributed by atoms with Crippen molar-refractivity contribution in [3.63, 3.8) is 0 Å². The lowest BCUT2D eigenvalue weighted by molar-refractivity contribution is -0.0504. The average molecular weight is 370 g/mol. The van der Waals surface area contributed by atoms with E-state index in [1.165, 1.54) is 36.4 Å². The zero-order valence-corrected chi connectivity index (χ0v) is 14.0. The quantitative estimate of drug-likeness (QED) is 0.814. The smallest absolute Gasteiger partial charge is 0.387 e. The van der Waals surface area contributed by atoms with E-state index in [9.17, 15) is 22.0 Å². The van der Waals surface area contributed by atoms with E-state index in [1.54, 1.807) is 13.0 Å². The lowest BCUT2D eigenvalue weighted by Crippen LogP contribution is -2.24. The number of para-hydroxylation sites is 1. The molecule has 0 spiro atoms. The molecule has 0 aromatic heterocycles. The Bertz CT molecular complexity index is 885. The highest BCUT2D eigenvalue weighted by Crippen LogP contribution is 2.20. The third-order valence-corrected chi connectivity index (χ3v) is 4.32. The third-order valence-electron chi connectivity index (χ3n) is 3.41. The van der Waals surface area contributed by atoms with Crippen LogP contribution in [0.3, 0.4) is 0 Å². The zero-order chi connectivity index (χ0) is 18.6. The monoisotopic (exact) mass is 370 g/mol. The van der Waals surface area contributed by atoms with Crippen LogP contribution in [0.4, 0.5) is 8.78 Å². The van der Waals surface area contributed by atoms with Gasteiger partial charge in [0.1, 0.15) is 5.75 Å². The second-order valence-corrected chi connectivity index (χ2v) is 6.75. The SMILES string of the molecule is Cc1ccc(S(N)(=O)=O)cc1C(=O)NCc1ccccc1OC(F)F. The van der Waals surface area contributed by atoms with Crippen LogP contribution in [0.2, 0.25) is 0 Å². The van der Waals surface area contributed by atoms with Gasteiger partial charge in [0.2, 0.25) is 10.0 Å². The molecule has 0 fully saturated rings. The summed E-state index contributed by atoms with van der Waals surface area (Å²) in [4.78, 5) is 12.1. The predicted molar refractivity (Wildman–Crippen MR) is 86.8 cm³/mol. The minimum Gasteiger partial charge on any atom is -0.434 e. The molecule has 3 N–H and O–H groups in total. The molecule has 0 aliphatic rings. The number of hydrogen-bond donors (Lipinski definition) is 2. The number of carbonyl (C=O) groups is 1. The van der Waals surface area contributed by atoms with E-state index in [4.69, 9.17) is 5.14 Å². The van der Waals surface area contributed by atoms with E-state index in [-0.39, 0.29) is 22.8 Å². The Morgan fingerprint density at radius 2 is 1.92 bits per heavy atom. The number of halogens is 2. The lowest BCUT2D eigenvalue weighted by Gasteiger charge is -2.12. The molecule has 0 unspecified atom stereocenters. The van der Waals surface area contributed by atoms with Gasteiger partial charge in [0.25, 0.3) is 5.91 Å². The molecular formula is C16H16F2N2O4S. The van der Waals surface area contributed by atoms with Gasteiger partial charge in [-0.3, -0.25) is 4.79 Å². The second-order valence-electron chi connectivity index (χ2n) is 5.19. The molecular weight excluding hydrogens is 354 g/mol. The highest BCUT2D eigenvalue weighted by Gasteiger charge is 2.16. The summed E-state index contributed by atoms with van der Waals surface area (Å²) >= 11 is 0. The highest BCUT2D eigenvalue weighted by molar-refractivity contribution is 7.89. The molecule has 2 aromatic rings. The fourth-order valence-corrected chi connectivity index (χ4v) is 2.69. The van der Waals surface area contributed by atoms with Crippen LogP contribution in [-0.2, 0) is 16.6 Å². The Balaban J connectivity index is 2.19.